The highest BCUT2D eigenvalue weighted by atomic mass is 15.2. The summed E-state index contributed by atoms with van der Waals surface area (Å²) in [6, 6.07) is 6.29. The second kappa shape index (κ2) is 3.49. The Morgan fingerprint density at radius 1 is 1.41 bits per heavy atom. The molecule has 0 bridgehead atoms. The smallest absolute Gasteiger partial charge is 0.201 e. The molecule has 3 nitrogen and oxygen atoms in total. The number of imidazole rings is 1. The summed E-state index contributed by atoms with van der Waals surface area (Å²) in [4.78, 5) is 4.50. The van der Waals surface area contributed by atoms with Crippen LogP contribution in [0.1, 0.15) is 31.7 Å². The normalized spacial score (nSPS) is 18.2. The number of nitrogens with two attached hydrogens (primary N) is 1. The van der Waals surface area contributed by atoms with Gasteiger partial charge in [-0.05, 0) is 36.8 Å². The highest BCUT2D eigenvalue weighted by Crippen LogP contribution is 2.42. The molecule has 1 heterocycles. The van der Waals surface area contributed by atoms with E-state index < -0.39 is 0 Å². The number of nitrogen functional groups attached to an aromatic ring is 1. The van der Waals surface area contributed by atoms with E-state index >= 15 is 0 Å². The number of benzene rings is 1. The first kappa shape index (κ1) is 10.6. The molecule has 1 saturated carbocycles. The lowest BCUT2D eigenvalue weighted by Crippen LogP contribution is -2.31. The van der Waals surface area contributed by atoms with Crippen molar-refractivity contribution in [2.24, 2.45) is 5.41 Å². The van der Waals surface area contributed by atoms with Gasteiger partial charge in [-0.25, -0.2) is 4.98 Å². The van der Waals surface area contributed by atoms with Crippen molar-refractivity contribution in [2.75, 3.05) is 5.73 Å². The van der Waals surface area contributed by atoms with Gasteiger partial charge in [0.25, 0.3) is 0 Å². The second-order valence-corrected chi connectivity index (χ2v) is 5.66. The lowest BCUT2D eigenvalue weighted by atomic mass is 9.70. The standard InChI is InChI=1S/C14H19N3/c1-10-5-3-6-11-12(10)16-13(15)17(11)9-14(2)7-4-8-14/h3,5-6H,4,7-9H2,1-2H3,(H2,15,16). The van der Waals surface area contributed by atoms with Crippen molar-refractivity contribution in [3.05, 3.63) is 23.8 Å². The van der Waals surface area contributed by atoms with Crippen LogP contribution in [0.25, 0.3) is 11.0 Å². The Kier molecular flexibility index (Phi) is 2.18. The molecular formula is C14H19N3. The molecule has 0 spiro atoms. The average molecular weight is 229 g/mol. The minimum absolute atomic E-state index is 0.422. The summed E-state index contributed by atoms with van der Waals surface area (Å²) in [5, 5.41) is 0. The molecule has 1 aromatic carbocycles. The van der Waals surface area contributed by atoms with Crippen LogP contribution >= 0.6 is 0 Å². The maximum atomic E-state index is 6.06. The van der Waals surface area contributed by atoms with E-state index in [1.54, 1.807) is 0 Å². The molecule has 1 fully saturated rings. The van der Waals surface area contributed by atoms with Crippen LogP contribution in [0.2, 0.25) is 0 Å². The predicted molar refractivity (Wildman–Crippen MR) is 70.8 cm³/mol. The van der Waals surface area contributed by atoms with Gasteiger partial charge in [0, 0.05) is 6.54 Å². The van der Waals surface area contributed by atoms with Gasteiger partial charge in [0.05, 0.1) is 11.0 Å². The maximum Gasteiger partial charge on any atom is 0.201 e. The van der Waals surface area contributed by atoms with E-state index in [1.807, 2.05) is 0 Å². The Morgan fingerprint density at radius 2 is 2.18 bits per heavy atom. The first-order valence-corrected chi connectivity index (χ1v) is 6.30. The van der Waals surface area contributed by atoms with Gasteiger partial charge in [0.15, 0.2) is 0 Å². The Labute approximate surface area is 102 Å². The van der Waals surface area contributed by atoms with Gasteiger partial charge in [-0.3, -0.25) is 0 Å². The summed E-state index contributed by atoms with van der Waals surface area (Å²) in [6.07, 6.45) is 3.96. The van der Waals surface area contributed by atoms with Crippen LogP contribution in [0.3, 0.4) is 0 Å². The van der Waals surface area contributed by atoms with Gasteiger partial charge in [0.2, 0.25) is 5.95 Å². The second-order valence-electron chi connectivity index (χ2n) is 5.66. The zero-order chi connectivity index (χ0) is 12.0. The third-order valence-electron chi connectivity index (χ3n) is 4.11. The van der Waals surface area contributed by atoms with Crippen molar-refractivity contribution in [1.29, 1.82) is 0 Å². The van der Waals surface area contributed by atoms with Crippen molar-refractivity contribution in [3.63, 3.8) is 0 Å². The SMILES string of the molecule is Cc1cccc2c1nc(N)n2CC1(C)CCC1. The van der Waals surface area contributed by atoms with Crippen LogP contribution < -0.4 is 5.73 Å². The molecule has 0 amide bonds. The molecule has 90 valence electrons. The predicted octanol–water partition coefficient (Wildman–Crippen LogP) is 3.12. The molecule has 0 atom stereocenters. The quantitative estimate of drug-likeness (QED) is 0.859. The molecule has 0 radical (unpaired) electrons. The molecule has 1 aromatic heterocycles. The molecule has 2 aromatic rings. The van der Waals surface area contributed by atoms with Gasteiger partial charge in [0.1, 0.15) is 0 Å². The molecule has 17 heavy (non-hydrogen) atoms. The average Bonchev–Trinajstić information content (AvgIpc) is 2.56. The Balaban J connectivity index is 2.09. The molecule has 0 saturated heterocycles. The Morgan fingerprint density at radius 3 is 2.82 bits per heavy atom. The van der Waals surface area contributed by atoms with Crippen molar-refractivity contribution in [1.82, 2.24) is 9.55 Å². The zero-order valence-corrected chi connectivity index (χ0v) is 10.5. The monoisotopic (exact) mass is 229 g/mol. The number of nitrogens with zero attached hydrogens (tertiary/aromatic N) is 2. The van der Waals surface area contributed by atoms with Crippen LogP contribution in [0.15, 0.2) is 18.2 Å². The van der Waals surface area contributed by atoms with Crippen molar-refractivity contribution in [2.45, 2.75) is 39.7 Å². The number of aryl methyl sites for hydroxylation is 1. The van der Waals surface area contributed by atoms with Crippen molar-refractivity contribution >= 4 is 17.0 Å². The molecule has 3 heteroatoms. The summed E-state index contributed by atoms with van der Waals surface area (Å²) in [6.45, 7) is 5.43. The lowest BCUT2D eigenvalue weighted by Gasteiger charge is -2.38. The number of aromatic nitrogens is 2. The van der Waals surface area contributed by atoms with Gasteiger partial charge >= 0.3 is 0 Å². The Bertz CT molecular complexity index is 564. The maximum absolute atomic E-state index is 6.06. The molecule has 2 N–H and O–H groups in total. The van der Waals surface area contributed by atoms with E-state index in [1.165, 1.54) is 30.3 Å². The number of anilines is 1. The highest BCUT2D eigenvalue weighted by Gasteiger charge is 2.33. The van der Waals surface area contributed by atoms with E-state index in [4.69, 9.17) is 5.73 Å². The molecule has 0 aliphatic heterocycles. The van der Waals surface area contributed by atoms with E-state index in [9.17, 15) is 0 Å². The third kappa shape index (κ3) is 1.61. The highest BCUT2D eigenvalue weighted by molar-refractivity contribution is 5.81. The number of hydrogen-bond acceptors (Lipinski definition) is 2. The largest absolute Gasteiger partial charge is 0.369 e. The minimum Gasteiger partial charge on any atom is -0.369 e. The summed E-state index contributed by atoms with van der Waals surface area (Å²) in [5.74, 6) is 0.655. The van der Waals surface area contributed by atoms with Crippen LogP contribution in [-0.4, -0.2) is 9.55 Å². The summed E-state index contributed by atoms with van der Waals surface area (Å²) >= 11 is 0. The first-order chi connectivity index (χ1) is 8.09. The van der Waals surface area contributed by atoms with Gasteiger partial charge in [-0.15, -0.1) is 0 Å². The van der Waals surface area contributed by atoms with E-state index in [-0.39, 0.29) is 0 Å². The Hall–Kier alpha value is -1.51. The molecule has 1 aliphatic carbocycles. The van der Waals surface area contributed by atoms with E-state index in [0.717, 1.165) is 12.1 Å². The van der Waals surface area contributed by atoms with E-state index in [2.05, 4.69) is 41.6 Å². The fourth-order valence-corrected chi connectivity index (χ4v) is 2.79. The first-order valence-electron chi connectivity index (χ1n) is 6.30. The zero-order valence-electron chi connectivity index (χ0n) is 10.5. The number of fused-ring (bicyclic) bond motifs is 1. The third-order valence-corrected chi connectivity index (χ3v) is 4.11. The number of rotatable bonds is 2. The lowest BCUT2D eigenvalue weighted by molar-refractivity contribution is 0.135. The minimum atomic E-state index is 0.422. The van der Waals surface area contributed by atoms with Crippen molar-refractivity contribution in [3.8, 4) is 0 Å². The topological polar surface area (TPSA) is 43.8 Å². The van der Waals surface area contributed by atoms with Crippen LogP contribution in [0.5, 0.6) is 0 Å². The summed E-state index contributed by atoms with van der Waals surface area (Å²) < 4.78 is 2.18. The molecular weight excluding hydrogens is 210 g/mol. The molecule has 3 rings (SSSR count). The summed E-state index contributed by atoms with van der Waals surface area (Å²) in [5.41, 5.74) is 9.91. The van der Waals surface area contributed by atoms with Crippen LogP contribution in [0, 0.1) is 12.3 Å². The molecule has 0 unspecified atom stereocenters. The number of para-hydroxylation sites is 1. The fourth-order valence-electron chi connectivity index (χ4n) is 2.79. The van der Waals surface area contributed by atoms with Crippen molar-refractivity contribution < 1.29 is 0 Å². The van der Waals surface area contributed by atoms with Gasteiger partial charge in [-0.2, -0.15) is 0 Å². The molecule has 1 aliphatic rings. The van der Waals surface area contributed by atoms with Crippen LogP contribution in [-0.2, 0) is 6.54 Å². The summed E-state index contributed by atoms with van der Waals surface area (Å²) in [7, 11) is 0. The van der Waals surface area contributed by atoms with Gasteiger partial charge in [-0.1, -0.05) is 25.5 Å². The number of hydrogen-bond donors (Lipinski definition) is 1. The van der Waals surface area contributed by atoms with Crippen LogP contribution in [0.4, 0.5) is 5.95 Å². The fraction of sp³-hybridized carbons (Fsp3) is 0.500. The van der Waals surface area contributed by atoms with Gasteiger partial charge < -0.3 is 10.3 Å². The van der Waals surface area contributed by atoms with E-state index in [0.29, 0.717) is 11.4 Å².